The average molecular weight is 254 g/mol. The Morgan fingerprint density at radius 1 is 1.37 bits per heavy atom. The van der Waals surface area contributed by atoms with Gasteiger partial charge < -0.3 is 10.4 Å². The van der Waals surface area contributed by atoms with Crippen molar-refractivity contribution in [3.63, 3.8) is 0 Å². The minimum absolute atomic E-state index is 0.217. The number of carboxylic acid groups (broad SMARTS) is 1. The Morgan fingerprint density at radius 2 is 2.11 bits per heavy atom. The first kappa shape index (κ1) is 12.9. The second kappa shape index (κ2) is 5.87. The number of hydrogen-bond donors (Lipinski definition) is 2. The number of carboxylic acids is 1. The van der Waals surface area contributed by atoms with Crippen molar-refractivity contribution in [3.05, 3.63) is 36.0 Å². The summed E-state index contributed by atoms with van der Waals surface area (Å²) in [4.78, 5) is 15.3. The van der Waals surface area contributed by atoms with Gasteiger partial charge in [0, 0.05) is 29.9 Å². The lowest BCUT2D eigenvalue weighted by Gasteiger charge is -2.09. The fourth-order valence-electron chi connectivity index (χ4n) is 1.87. The lowest BCUT2D eigenvalue weighted by Crippen LogP contribution is -2.06. The van der Waals surface area contributed by atoms with Gasteiger partial charge in [0.15, 0.2) is 0 Å². The lowest BCUT2D eigenvalue weighted by atomic mass is 10.1. The van der Waals surface area contributed by atoms with Gasteiger partial charge in [0.2, 0.25) is 0 Å². The van der Waals surface area contributed by atoms with Gasteiger partial charge in [-0.25, -0.2) is 9.78 Å². The minimum atomic E-state index is -0.966. The van der Waals surface area contributed by atoms with E-state index < -0.39 is 5.97 Å². The summed E-state index contributed by atoms with van der Waals surface area (Å²) in [6.45, 7) is 2.49. The zero-order valence-electron chi connectivity index (χ0n) is 10.6. The van der Waals surface area contributed by atoms with E-state index in [0.717, 1.165) is 11.8 Å². The number of hydrogen-bond acceptors (Lipinski definition) is 3. The molecule has 1 aromatic carbocycles. The molecule has 0 saturated heterocycles. The monoisotopic (exact) mass is 254 g/mol. The van der Waals surface area contributed by atoms with Crippen LogP contribution in [0.25, 0.3) is 10.8 Å². The van der Waals surface area contributed by atoms with Crippen LogP contribution in [-0.4, -0.2) is 22.6 Å². The topological polar surface area (TPSA) is 62.2 Å². The molecule has 96 valence electrons. The molecule has 1 aromatic heterocycles. The highest BCUT2D eigenvalue weighted by atomic mass is 16.4. The maximum atomic E-state index is 11.1. The van der Waals surface area contributed by atoms with Crippen molar-refractivity contribution >= 4 is 22.6 Å². The van der Waals surface area contributed by atoms with Crippen molar-refractivity contribution in [3.8, 4) is 11.8 Å². The molecule has 0 saturated carbocycles. The molecule has 2 aromatic rings. The van der Waals surface area contributed by atoms with Gasteiger partial charge >= 0.3 is 5.97 Å². The third kappa shape index (κ3) is 2.83. The smallest absolute Gasteiger partial charge is 0.337 e. The Balaban J connectivity index is 2.37. The SMILES string of the molecule is CC#CCCNc1ncc(C(=O)O)c2ccccc12. The van der Waals surface area contributed by atoms with E-state index in [2.05, 4.69) is 22.1 Å². The molecule has 0 spiro atoms. The second-order valence-electron chi connectivity index (χ2n) is 3.97. The van der Waals surface area contributed by atoms with Gasteiger partial charge in [0.25, 0.3) is 0 Å². The molecule has 1 heterocycles. The Labute approximate surface area is 111 Å². The van der Waals surface area contributed by atoms with Crippen LogP contribution in [0.15, 0.2) is 30.5 Å². The number of nitrogens with zero attached hydrogens (tertiary/aromatic N) is 1. The summed E-state index contributed by atoms with van der Waals surface area (Å²) in [5.74, 6) is 5.52. The van der Waals surface area contributed by atoms with Crippen LogP contribution in [0, 0.1) is 11.8 Å². The fraction of sp³-hybridized carbons (Fsp3) is 0.200. The Morgan fingerprint density at radius 3 is 2.79 bits per heavy atom. The van der Waals surface area contributed by atoms with E-state index in [9.17, 15) is 4.79 Å². The van der Waals surface area contributed by atoms with Gasteiger partial charge in [-0.2, -0.15) is 0 Å². The normalized spacial score (nSPS) is 9.74. The van der Waals surface area contributed by atoms with Gasteiger partial charge in [-0.3, -0.25) is 0 Å². The largest absolute Gasteiger partial charge is 0.478 e. The van der Waals surface area contributed by atoms with Crippen molar-refractivity contribution < 1.29 is 9.90 Å². The van der Waals surface area contributed by atoms with Gasteiger partial charge in [-0.05, 0) is 6.92 Å². The van der Waals surface area contributed by atoms with E-state index in [4.69, 9.17) is 5.11 Å². The maximum Gasteiger partial charge on any atom is 0.337 e. The highest BCUT2D eigenvalue weighted by Crippen LogP contribution is 2.24. The van der Waals surface area contributed by atoms with Crippen LogP contribution >= 0.6 is 0 Å². The number of nitrogens with one attached hydrogen (secondary N) is 1. The highest BCUT2D eigenvalue weighted by Gasteiger charge is 2.11. The third-order valence-corrected chi connectivity index (χ3v) is 2.74. The summed E-state index contributed by atoms with van der Waals surface area (Å²) in [5.41, 5.74) is 0.217. The standard InChI is InChI=1S/C15H14N2O2/c1-2-3-6-9-16-14-12-8-5-4-7-11(12)13(10-17-14)15(18)19/h4-5,7-8,10H,6,9H2,1H3,(H,16,17)(H,18,19). The van der Waals surface area contributed by atoms with Gasteiger partial charge in [-0.15, -0.1) is 11.8 Å². The summed E-state index contributed by atoms with van der Waals surface area (Å²) in [5, 5.41) is 13.8. The molecule has 4 heteroatoms. The van der Waals surface area contributed by atoms with Gasteiger partial charge in [0.05, 0.1) is 5.56 Å². The number of anilines is 1. The molecule has 0 aliphatic carbocycles. The van der Waals surface area contributed by atoms with Crippen molar-refractivity contribution in [2.75, 3.05) is 11.9 Å². The van der Waals surface area contributed by atoms with Crippen LogP contribution in [0.4, 0.5) is 5.82 Å². The minimum Gasteiger partial charge on any atom is -0.478 e. The molecule has 0 amide bonds. The number of carbonyl (C=O) groups is 1. The van der Waals surface area contributed by atoms with E-state index in [1.54, 1.807) is 13.0 Å². The molecule has 2 N–H and O–H groups in total. The third-order valence-electron chi connectivity index (χ3n) is 2.74. The van der Waals surface area contributed by atoms with Crippen LogP contribution < -0.4 is 5.32 Å². The molecule has 0 radical (unpaired) electrons. The Hall–Kier alpha value is -2.54. The highest BCUT2D eigenvalue weighted by molar-refractivity contribution is 6.06. The fourth-order valence-corrected chi connectivity index (χ4v) is 1.87. The molecule has 0 atom stereocenters. The number of aromatic nitrogens is 1. The molecule has 19 heavy (non-hydrogen) atoms. The van der Waals surface area contributed by atoms with E-state index in [1.165, 1.54) is 6.20 Å². The second-order valence-corrected chi connectivity index (χ2v) is 3.97. The molecule has 0 unspecified atom stereocenters. The number of rotatable bonds is 4. The van der Waals surface area contributed by atoms with E-state index in [-0.39, 0.29) is 5.56 Å². The zero-order valence-corrected chi connectivity index (χ0v) is 10.6. The summed E-state index contributed by atoms with van der Waals surface area (Å²) >= 11 is 0. The molecule has 0 fully saturated rings. The predicted octanol–water partition coefficient (Wildman–Crippen LogP) is 2.76. The Bertz CT molecular complexity index is 669. The average Bonchev–Trinajstić information content (AvgIpc) is 2.43. The van der Waals surface area contributed by atoms with Crippen molar-refractivity contribution in [1.82, 2.24) is 4.98 Å². The van der Waals surface area contributed by atoms with Crippen LogP contribution in [0.5, 0.6) is 0 Å². The van der Waals surface area contributed by atoms with Crippen LogP contribution in [-0.2, 0) is 0 Å². The van der Waals surface area contributed by atoms with Crippen LogP contribution in [0.3, 0.4) is 0 Å². The number of aromatic carboxylic acids is 1. The molecule has 2 rings (SSSR count). The van der Waals surface area contributed by atoms with Gasteiger partial charge in [0.1, 0.15) is 5.82 Å². The zero-order chi connectivity index (χ0) is 13.7. The molecular formula is C15H14N2O2. The molecule has 4 nitrogen and oxygen atoms in total. The first-order chi connectivity index (χ1) is 9.24. The first-order valence-electron chi connectivity index (χ1n) is 5.98. The molecule has 0 aliphatic heterocycles. The van der Waals surface area contributed by atoms with Crippen molar-refractivity contribution in [1.29, 1.82) is 0 Å². The summed E-state index contributed by atoms with van der Waals surface area (Å²) in [7, 11) is 0. The van der Waals surface area contributed by atoms with E-state index in [1.807, 2.05) is 18.2 Å². The summed E-state index contributed by atoms with van der Waals surface area (Å²) in [6, 6.07) is 7.34. The first-order valence-corrected chi connectivity index (χ1v) is 5.98. The van der Waals surface area contributed by atoms with E-state index >= 15 is 0 Å². The predicted molar refractivity (Wildman–Crippen MR) is 75.3 cm³/mol. The van der Waals surface area contributed by atoms with Crippen molar-refractivity contribution in [2.45, 2.75) is 13.3 Å². The molecular weight excluding hydrogens is 240 g/mol. The molecule has 0 aliphatic rings. The lowest BCUT2D eigenvalue weighted by molar-refractivity contribution is 0.0698. The quantitative estimate of drug-likeness (QED) is 0.650. The van der Waals surface area contributed by atoms with E-state index in [0.29, 0.717) is 17.7 Å². The maximum absolute atomic E-state index is 11.1. The van der Waals surface area contributed by atoms with Crippen LogP contribution in [0.2, 0.25) is 0 Å². The summed E-state index contributed by atoms with van der Waals surface area (Å²) in [6.07, 6.45) is 2.12. The van der Waals surface area contributed by atoms with Gasteiger partial charge in [-0.1, -0.05) is 24.3 Å². The number of fused-ring (bicyclic) bond motifs is 1. The number of benzene rings is 1. The van der Waals surface area contributed by atoms with Crippen LogP contribution in [0.1, 0.15) is 23.7 Å². The number of pyridine rings is 1. The summed E-state index contributed by atoms with van der Waals surface area (Å²) < 4.78 is 0. The van der Waals surface area contributed by atoms with Crippen molar-refractivity contribution in [2.24, 2.45) is 0 Å². The molecule has 0 bridgehead atoms. The Kier molecular flexibility index (Phi) is 3.99.